The highest BCUT2D eigenvalue weighted by Crippen LogP contribution is 2.45. The number of aliphatic carboxylic acids is 1. The number of halogens is 1. The third kappa shape index (κ3) is 5.70. The summed E-state index contributed by atoms with van der Waals surface area (Å²) in [4.78, 5) is 30.9. The maximum absolute atomic E-state index is 13.6. The van der Waals surface area contributed by atoms with E-state index in [-0.39, 0.29) is 41.5 Å². The molecule has 42 heavy (non-hydrogen) atoms. The molecule has 0 fully saturated rings. The molecule has 2 heterocycles. The van der Waals surface area contributed by atoms with Crippen LogP contribution in [0.25, 0.3) is 10.9 Å². The number of ether oxygens (including phenoxy) is 2. The minimum atomic E-state index is -3.81. The minimum Gasteiger partial charge on any atom is -0.497 e. The van der Waals surface area contributed by atoms with Gasteiger partial charge in [-0.25, -0.2) is 12.8 Å². The van der Waals surface area contributed by atoms with Crippen molar-refractivity contribution in [1.29, 1.82) is 0 Å². The lowest BCUT2D eigenvalue weighted by Crippen LogP contribution is -2.30. The number of anilines is 1. The zero-order valence-electron chi connectivity index (χ0n) is 23.1. The number of hydrogen-bond donors (Lipinski definition) is 1. The number of carbonyl (C=O) groups is 2. The highest BCUT2D eigenvalue weighted by molar-refractivity contribution is 7.92. The molecule has 1 amide bonds. The fourth-order valence-electron chi connectivity index (χ4n) is 4.98. The lowest BCUT2D eigenvalue weighted by Gasteiger charge is -2.24. The Balaban J connectivity index is 1.70. The van der Waals surface area contributed by atoms with Gasteiger partial charge < -0.3 is 19.5 Å². The molecule has 0 saturated carbocycles. The van der Waals surface area contributed by atoms with Crippen molar-refractivity contribution in [3.63, 3.8) is 0 Å². The Labute approximate surface area is 242 Å². The Bertz CT molecular complexity index is 1790. The number of rotatable bonds is 10. The molecule has 1 aromatic heterocycles. The van der Waals surface area contributed by atoms with E-state index in [0.29, 0.717) is 28.7 Å². The summed E-state index contributed by atoms with van der Waals surface area (Å²) >= 11 is 0. The van der Waals surface area contributed by atoms with Crippen molar-refractivity contribution in [2.45, 2.75) is 19.6 Å². The predicted octanol–water partition coefficient (Wildman–Crippen LogP) is 3.99. The average molecular weight is 594 g/mol. The molecule has 3 aromatic carbocycles. The van der Waals surface area contributed by atoms with Crippen LogP contribution >= 0.6 is 0 Å². The van der Waals surface area contributed by atoms with Crippen LogP contribution in [0.3, 0.4) is 0 Å². The number of amides is 1. The third-order valence-electron chi connectivity index (χ3n) is 7.08. The number of sulfonamides is 1. The summed E-state index contributed by atoms with van der Waals surface area (Å²) in [6.45, 7) is -0.655. The molecule has 0 spiro atoms. The smallest absolute Gasteiger partial charge is 0.323 e. The Kier molecular flexibility index (Phi) is 7.74. The van der Waals surface area contributed by atoms with E-state index in [2.05, 4.69) is 4.98 Å². The number of pyridine rings is 1. The SMILES string of the molecule is COc1ccc(COc2c3c(c(N(C)S(C)(=O)=O)c4cc(Cc5ccc(F)cc5)cnc24)CN(CC(=O)O)C3=O)cc1. The van der Waals surface area contributed by atoms with Gasteiger partial charge in [0.1, 0.15) is 30.2 Å². The normalized spacial score (nSPS) is 12.9. The van der Waals surface area contributed by atoms with Gasteiger partial charge in [0.15, 0.2) is 5.75 Å². The number of aromatic nitrogens is 1. The maximum atomic E-state index is 13.6. The number of nitrogens with zero attached hydrogens (tertiary/aromatic N) is 3. The van der Waals surface area contributed by atoms with Crippen LogP contribution in [-0.2, 0) is 34.4 Å². The van der Waals surface area contributed by atoms with Gasteiger partial charge in [0.25, 0.3) is 5.91 Å². The van der Waals surface area contributed by atoms with Crippen LogP contribution in [0.4, 0.5) is 10.1 Å². The Morgan fingerprint density at radius 2 is 1.76 bits per heavy atom. The Morgan fingerprint density at radius 3 is 2.38 bits per heavy atom. The summed E-state index contributed by atoms with van der Waals surface area (Å²) in [7, 11) is -0.883. The van der Waals surface area contributed by atoms with Crippen molar-refractivity contribution in [2.24, 2.45) is 0 Å². The number of carboxylic acids is 1. The summed E-state index contributed by atoms with van der Waals surface area (Å²) in [5.41, 5.74) is 3.17. The molecule has 218 valence electrons. The fourth-order valence-corrected chi connectivity index (χ4v) is 5.52. The Morgan fingerprint density at radius 1 is 1.10 bits per heavy atom. The van der Waals surface area contributed by atoms with Crippen LogP contribution in [0, 0.1) is 5.82 Å². The van der Waals surface area contributed by atoms with E-state index in [4.69, 9.17) is 9.47 Å². The van der Waals surface area contributed by atoms with Crippen LogP contribution in [0.2, 0.25) is 0 Å². The summed E-state index contributed by atoms with van der Waals surface area (Å²) in [5, 5.41) is 9.86. The molecule has 0 unspecified atom stereocenters. The maximum Gasteiger partial charge on any atom is 0.323 e. The van der Waals surface area contributed by atoms with Crippen LogP contribution < -0.4 is 13.8 Å². The molecular weight excluding hydrogens is 565 g/mol. The lowest BCUT2D eigenvalue weighted by molar-refractivity contribution is -0.137. The first-order valence-electron chi connectivity index (χ1n) is 12.9. The second-order valence-corrected chi connectivity index (χ2v) is 12.0. The molecule has 0 bridgehead atoms. The molecule has 10 nitrogen and oxygen atoms in total. The molecule has 0 saturated heterocycles. The van der Waals surface area contributed by atoms with Crippen LogP contribution in [0.5, 0.6) is 11.5 Å². The van der Waals surface area contributed by atoms with Crippen LogP contribution in [-0.4, -0.2) is 62.2 Å². The predicted molar refractivity (Wildman–Crippen MR) is 154 cm³/mol. The van der Waals surface area contributed by atoms with Gasteiger partial charge in [-0.05, 0) is 53.4 Å². The molecule has 1 aliphatic rings. The summed E-state index contributed by atoms with van der Waals surface area (Å²) in [6.07, 6.45) is 3.02. The molecule has 5 rings (SSSR count). The molecule has 0 atom stereocenters. The van der Waals surface area contributed by atoms with Crippen molar-refractivity contribution in [3.8, 4) is 11.5 Å². The van der Waals surface area contributed by atoms with E-state index >= 15 is 0 Å². The van der Waals surface area contributed by atoms with E-state index in [9.17, 15) is 27.5 Å². The standard InChI is InChI=1S/C30H28FN3O7S/c1-33(42(3,38)39)28-23-13-20(12-18-4-8-21(31)9-5-18)14-32-27(23)29(41-17-19-6-10-22(40-2)11-7-19)26-24(28)15-34(30(26)37)16-25(35)36/h4-11,13-14H,12,15-17H2,1-3H3,(H,35,36). The quantitative estimate of drug-likeness (QED) is 0.293. The zero-order chi connectivity index (χ0) is 30.2. The van der Waals surface area contributed by atoms with Crippen molar-refractivity contribution >= 4 is 38.5 Å². The monoisotopic (exact) mass is 593 g/mol. The molecule has 4 aromatic rings. The first-order valence-corrected chi connectivity index (χ1v) is 14.7. The summed E-state index contributed by atoms with van der Waals surface area (Å²) in [5.74, 6) is -1.38. The highest BCUT2D eigenvalue weighted by atomic mass is 32.2. The van der Waals surface area contributed by atoms with E-state index in [1.807, 2.05) is 0 Å². The van der Waals surface area contributed by atoms with E-state index in [1.54, 1.807) is 55.8 Å². The molecular formula is C30H28FN3O7S. The minimum absolute atomic E-state index is 0.0536. The number of hydrogen-bond acceptors (Lipinski definition) is 7. The van der Waals surface area contributed by atoms with Crippen molar-refractivity contribution in [3.05, 3.63) is 94.4 Å². The van der Waals surface area contributed by atoms with Crippen molar-refractivity contribution in [2.75, 3.05) is 31.3 Å². The molecule has 12 heteroatoms. The van der Waals surface area contributed by atoms with Gasteiger partial charge in [-0.3, -0.25) is 18.9 Å². The van der Waals surface area contributed by atoms with E-state index < -0.39 is 28.4 Å². The molecule has 1 aliphatic heterocycles. The Hall–Kier alpha value is -4.71. The van der Waals surface area contributed by atoms with Gasteiger partial charge in [-0.1, -0.05) is 24.3 Å². The average Bonchev–Trinajstić information content (AvgIpc) is 3.26. The second-order valence-electron chi connectivity index (χ2n) is 10.00. The number of fused-ring (bicyclic) bond motifs is 2. The van der Waals surface area contributed by atoms with Crippen molar-refractivity contribution < 1.29 is 37.0 Å². The van der Waals surface area contributed by atoms with E-state index in [0.717, 1.165) is 26.6 Å². The fraction of sp³-hybridized carbons (Fsp3) is 0.233. The first-order chi connectivity index (χ1) is 20.0. The van der Waals surface area contributed by atoms with Gasteiger partial charge >= 0.3 is 5.97 Å². The third-order valence-corrected chi connectivity index (χ3v) is 8.26. The number of methoxy groups -OCH3 is 1. The van der Waals surface area contributed by atoms with Gasteiger partial charge in [-0.15, -0.1) is 0 Å². The summed E-state index contributed by atoms with van der Waals surface area (Å²) < 4.78 is 51.6. The number of carbonyl (C=O) groups excluding carboxylic acids is 1. The first kappa shape index (κ1) is 28.8. The van der Waals surface area contributed by atoms with Crippen LogP contribution in [0.15, 0.2) is 60.8 Å². The van der Waals surface area contributed by atoms with Gasteiger partial charge in [-0.2, -0.15) is 0 Å². The number of carboxylic acid groups (broad SMARTS) is 1. The van der Waals surface area contributed by atoms with Gasteiger partial charge in [0.2, 0.25) is 10.0 Å². The zero-order valence-corrected chi connectivity index (χ0v) is 23.9. The molecule has 0 radical (unpaired) electrons. The number of benzene rings is 3. The lowest BCUT2D eigenvalue weighted by atomic mass is 9.98. The van der Waals surface area contributed by atoms with E-state index in [1.165, 1.54) is 19.2 Å². The van der Waals surface area contributed by atoms with Crippen LogP contribution in [0.1, 0.15) is 32.6 Å². The van der Waals surface area contributed by atoms with Gasteiger partial charge in [0, 0.05) is 30.7 Å². The molecule has 1 N–H and O–H groups in total. The topological polar surface area (TPSA) is 126 Å². The molecule has 0 aliphatic carbocycles. The van der Waals surface area contributed by atoms with Crippen molar-refractivity contribution in [1.82, 2.24) is 9.88 Å². The highest BCUT2D eigenvalue weighted by Gasteiger charge is 2.38. The largest absolute Gasteiger partial charge is 0.497 e. The van der Waals surface area contributed by atoms with Gasteiger partial charge in [0.05, 0.1) is 24.6 Å². The second kappa shape index (κ2) is 11.3. The summed E-state index contributed by atoms with van der Waals surface area (Å²) in [6, 6.07) is 14.9.